The molecule has 2 atom stereocenters. The predicted molar refractivity (Wildman–Crippen MR) is 161 cm³/mol. The third-order valence-electron chi connectivity index (χ3n) is 8.33. The van der Waals surface area contributed by atoms with Crippen molar-refractivity contribution in [2.75, 3.05) is 18.8 Å². The highest BCUT2D eigenvalue weighted by Gasteiger charge is 2.40. The maximum absolute atomic E-state index is 12.3. The van der Waals surface area contributed by atoms with Crippen molar-refractivity contribution in [3.8, 4) is 28.3 Å². The fourth-order valence-electron chi connectivity index (χ4n) is 6.24. The van der Waals surface area contributed by atoms with Gasteiger partial charge in [0, 0.05) is 49.2 Å². The van der Waals surface area contributed by atoms with E-state index in [9.17, 15) is 4.79 Å². The lowest BCUT2D eigenvalue weighted by Crippen LogP contribution is -2.63. The van der Waals surface area contributed by atoms with Gasteiger partial charge in [0.2, 0.25) is 5.91 Å². The van der Waals surface area contributed by atoms with Crippen LogP contribution in [0.5, 0.6) is 0 Å². The molecule has 1 amide bonds. The fraction of sp³-hybridized carbons (Fsp3) is 0.212. The number of carbonyl (C=O) groups is 1. The van der Waals surface area contributed by atoms with Gasteiger partial charge in [-0.2, -0.15) is 0 Å². The second-order valence-corrected chi connectivity index (χ2v) is 10.8. The molecular formula is C33H31N7O. The van der Waals surface area contributed by atoms with Crippen LogP contribution in [0.3, 0.4) is 0 Å². The van der Waals surface area contributed by atoms with Crippen LogP contribution in [0.15, 0.2) is 97.7 Å². The van der Waals surface area contributed by atoms with Crippen LogP contribution in [-0.2, 0) is 11.3 Å². The molecule has 41 heavy (non-hydrogen) atoms. The van der Waals surface area contributed by atoms with E-state index in [1.54, 1.807) is 6.20 Å². The number of hydrogen-bond acceptors (Lipinski definition) is 6. The van der Waals surface area contributed by atoms with E-state index in [0.29, 0.717) is 17.7 Å². The summed E-state index contributed by atoms with van der Waals surface area (Å²) in [5, 5.41) is 0. The fourth-order valence-corrected chi connectivity index (χ4v) is 6.24. The van der Waals surface area contributed by atoms with Crippen LogP contribution in [-0.4, -0.2) is 60.4 Å². The Morgan fingerprint density at radius 3 is 2.46 bits per heavy atom. The molecule has 5 aromatic rings. The van der Waals surface area contributed by atoms with Crippen molar-refractivity contribution in [2.45, 2.75) is 31.5 Å². The van der Waals surface area contributed by atoms with Crippen molar-refractivity contribution in [3.63, 3.8) is 0 Å². The summed E-state index contributed by atoms with van der Waals surface area (Å²) in [5.74, 6) is 1.18. The molecule has 8 nitrogen and oxygen atoms in total. The Balaban J connectivity index is 1.24. The number of rotatable bonds is 6. The molecule has 0 radical (unpaired) electrons. The van der Waals surface area contributed by atoms with Crippen LogP contribution in [0.4, 0.5) is 5.82 Å². The first-order valence-corrected chi connectivity index (χ1v) is 14.0. The smallest absolute Gasteiger partial charge is 0.246 e. The molecule has 0 aliphatic carbocycles. The monoisotopic (exact) mass is 541 g/mol. The van der Waals surface area contributed by atoms with E-state index in [1.807, 2.05) is 47.4 Å². The molecule has 8 rings (SSSR count). The summed E-state index contributed by atoms with van der Waals surface area (Å²) in [6.07, 6.45) is 5.31. The normalized spacial score (nSPS) is 18.6. The van der Waals surface area contributed by atoms with Gasteiger partial charge in [0.1, 0.15) is 11.3 Å². The number of carbonyl (C=O) groups excluding carboxylic acids is 1. The van der Waals surface area contributed by atoms with Gasteiger partial charge in [-0.3, -0.25) is 14.3 Å². The summed E-state index contributed by atoms with van der Waals surface area (Å²) < 4.78 is 2.07. The Morgan fingerprint density at radius 1 is 0.927 bits per heavy atom. The molecule has 0 unspecified atom stereocenters. The number of imidazole rings is 1. The number of piperazine rings is 1. The van der Waals surface area contributed by atoms with Gasteiger partial charge >= 0.3 is 0 Å². The van der Waals surface area contributed by atoms with Gasteiger partial charge in [0.05, 0.1) is 11.3 Å². The van der Waals surface area contributed by atoms with Crippen molar-refractivity contribution < 1.29 is 4.79 Å². The van der Waals surface area contributed by atoms with Crippen LogP contribution in [0.25, 0.3) is 39.5 Å². The molecule has 3 aliphatic heterocycles. The first-order valence-electron chi connectivity index (χ1n) is 14.0. The minimum Gasteiger partial charge on any atom is -0.383 e. The molecular weight excluding hydrogens is 510 g/mol. The summed E-state index contributed by atoms with van der Waals surface area (Å²) >= 11 is 0. The highest BCUT2D eigenvalue weighted by molar-refractivity contribution is 5.87. The second kappa shape index (κ2) is 10.3. The van der Waals surface area contributed by atoms with E-state index in [-0.39, 0.29) is 11.9 Å². The SMILES string of the molecule is C=CC(=O)N1C[C@@H]2CC[C@@H]1CN2Cc1ccc(-n2c(-c3cccnc3N)nc3ccc(-c4ccccc4)nc32)cc1. The largest absolute Gasteiger partial charge is 0.383 e. The number of aromatic nitrogens is 4. The van der Waals surface area contributed by atoms with Crippen molar-refractivity contribution in [1.29, 1.82) is 0 Å². The summed E-state index contributed by atoms with van der Waals surface area (Å²) in [5.41, 5.74) is 12.7. The Labute approximate surface area is 238 Å². The second-order valence-electron chi connectivity index (χ2n) is 10.8. The van der Waals surface area contributed by atoms with Gasteiger partial charge in [-0.05, 0) is 60.9 Å². The van der Waals surface area contributed by atoms with Crippen LogP contribution in [0.2, 0.25) is 0 Å². The van der Waals surface area contributed by atoms with Crippen LogP contribution in [0, 0.1) is 0 Å². The van der Waals surface area contributed by atoms with Crippen molar-refractivity contribution in [1.82, 2.24) is 29.3 Å². The lowest BCUT2D eigenvalue weighted by molar-refractivity contribution is -0.136. The van der Waals surface area contributed by atoms with E-state index < -0.39 is 0 Å². The quantitative estimate of drug-likeness (QED) is 0.301. The molecule has 3 aliphatic rings. The van der Waals surface area contributed by atoms with E-state index >= 15 is 0 Å². The molecule has 3 fully saturated rings. The van der Waals surface area contributed by atoms with Crippen molar-refractivity contribution in [2.24, 2.45) is 0 Å². The zero-order chi connectivity index (χ0) is 27.9. The first kappa shape index (κ1) is 25.2. The van der Waals surface area contributed by atoms with E-state index in [0.717, 1.165) is 66.1 Å². The highest BCUT2D eigenvalue weighted by atomic mass is 16.2. The number of hydrogen-bond donors (Lipinski definition) is 1. The van der Waals surface area contributed by atoms with Gasteiger partial charge in [-0.1, -0.05) is 49.0 Å². The van der Waals surface area contributed by atoms with E-state index in [4.69, 9.17) is 15.7 Å². The lowest BCUT2D eigenvalue weighted by atomic mass is 9.90. The Bertz CT molecular complexity index is 1750. The Hall–Kier alpha value is -4.82. The number of anilines is 1. The number of nitrogen functional groups attached to an aromatic ring is 1. The molecule has 0 saturated carbocycles. The topological polar surface area (TPSA) is 93.2 Å². The molecule has 2 bridgehead atoms. The average molecular weight is 542 g/mol. The summed E-state index contributed by atoms with van der Waals surface area (Å²) in [6.45, 7) is 6.20. The van der Waals surface area contributed by atoms with Crippen LogP contribution in [0.1, 0.15) is 18.4 Å². The van der Waals surface area contributed by atoms with Crippen LogP contribution >= 0.6 is 0 Å². The number of pyridine rings is 2. The van der Waals surface area contributed by atoms with E-state index in [1.165, 1.54) is 11.6 Å². The average Bonchev–Trinajstić information content (AvgIpc) is 3.40. The van der Waals surface area contributed by atoms with Gasteiger partial charge in [-0.15, -0.1) is 0 Å². The molecule has 0 spiro atoms. The van der Waals surface area contributed by atoms with Gasteiger partial charge in [0.15, 0.2) is 11.5 Å². The zero-order valence-corrected chi connectivity index (χ0v) is 22.7. The third-order valence-corrected chi connectivity index (χ3v) is 8.33. The molecule has 204 valence electrons. The molecule has 3 saturated heterocycles. The third kappa shape index (κ3) is 4.56. The Kier molecular flexibility index (Phi) is 6.32. The number of fused-ring (bicyclic) bond motifs is 4. The standard InChI is InChI=1S/C33H31N7O/c1-2-30(41)39-21-25-14-15-26(39)20-38(25)19-22-10-12-24(13-11-22)40-32(27-9-6-18-35-31(27)34)37-29-17-16-28(36-33(29)40)23-7-4-3-5-8-23/h2-13,16-18,25-26H,1,14-15,19-21H2,(H2,34,35)/t25-,26+/m0/s1. The lowest BCUT2D eigenvalue weighted by Gasteiger charge is -2.51. The predicted octanol–water partition coefficient (Wildman–Crippen LogP) is 5.09. The van der Waals surface area contributed by atoms with Crippen molar-refractivity contribution >= 4 is 22.9 Å². The summed E-state index contributed by atoms with van der Waals surface area (Å²) in [7, 11) is 0. The molecule has 6 heterocycles. The van der Waals surface area contributed by atoms with Gasteiger partial charge in [0.25, 0.3) is 0 Å². The number of nitrogens with zero attached hydrogens (tertiary/aromatic N) is 6. The van der Waals surface area contributed by atoms with Crippen molar-refractivity contribution in [3.05, 3.63) is 103 Å². The number of amides is 1. The highest BCUT2D eigenvalue weighted by Crippen LogP contribution is 2.33. The van der Waals surface area contributed by atoms with Crippen LogP contribution < -0.4 is 5.73 Å². The van der Waals surface area contributed by atoms with Gasteiger partial charge in [-0.25, -0.2) is 15.0 Å². The number of piperidine rings is 2. The molecule has 2 aromatic carbocycles. The summed E-state index contributed by atoms with van der Waals surface area (Å²) in [4.78, 5) is 31.1. The number of nitrogens with two attached hydrogens (primary N) is 1. The Morgan fingerprint density at radius 2 is 1.73 bits per heavy atom. The zero-order valence-electron chi connectivity index (χ0n) is 22.7. The van der Waals surface area contributed by atoms with E-state index in [2.05, 4.69) is 57.4 Å². The minimum absolute atomic E-state index is 0.0466. The minimum atomic E-state index is 0.0466. The van der Waals surface area contributed by atoms with Gasteiger partial charge < -0.3 is 10.6 Å². The maximum Gasteiger partial charge on any atom is 0.246 e. The number of benzene rings is 2. The molecule has 2 N–H and O–H groups in total. The first-order chi connectivity index (χ1) is 20.1. The maximum atomic E-state index is 12.3. The molecule has 8 heteroatoms. The molecule has 3 aromatic heterocycles. The summed E-state index contributed by atoms with van der Waals surface area (Å²) in [6, 6.07) is 27.2.